The first kappa shape index (κ1) is 12.4. The van der Waals surface area contributed by atoms with E-state index in [2.05, 4.69) is 11.2 Å². The van der Waals surface area contributed by atoms with Gasteiger partial charge < -0.3 is 0 Å². The smallest absolute Gasteiger partial charge is 0.0686 e. The molecule has 1 unspecified atom stereocenters. The van der Waals surface area contributed by atoms with E-state index in [-0.39, 0.29) is 6.04 Å². The van der Waals surface area contributed by atoms with Crippen LogP contribution in [0, 0.1) is 12.3 Å². The standard InChI is InChI=1S/C12H13Cl2N/c1-3-12(4-2)15-8-9-5-10(13)7-11(14)6-9/h1,5-7,12,15H,4,8H2,2H3. The molecule has 1 nitrogen and oxygen atoms in total. The van der Waals surface area contributed by atoms with E-state index in [4.69, 9.17) is 29.6 Å². The number of nitrogens with one attached hydrogen (secondary N) is 1. The van der Waals surface area contributed by atoms with Crippen LogP contribution in [-0.2, 0) is 6.54 Å². The molecule has 0 aliphatic rings. The summed E-state index contributed by atoms with van der Waals surface area (Å²) in [5, 5.41) is 4.53. The molecule has 0 radical (unpaired) electrons. The first-order chi connectivity index (χ1) is 7.15. The number of halogens is 2. The van der Waals surface area contributed by atoms with Crippen molar-refractivity contribution in [3.63, 3.8) is 0 Å². The van der Waals surface area contributed by atoms with E-state index in [1.54, 1.807) is 6.07 Å². The first-order valence-corrected chi connectivity index (χ1v) is 5.55. The molecule has 0 aliphatic carbocycles. The maximum absolute atomic E-state index is 5.88. The van der Waals surface area contributed by atoms with Gasteiger partial charge in [-0.25, -0.2) is 0 Å². The molecule has 1 atom stereocenters. The van der Waals surface area contributed by atoms with Crippen molar-refractivity contribution in [3.05, 3.63) is 33.8 Å². The molecule has 0 bridgehead atoms. The SMILES string of the molecule is C#CC(CC)NCc1cc(Cl)cc(Cl)c1. The summed E-state index contributed by atoms with van der Waals surface area (Å²) in [7, 11) is 0. The zero-order valence-corrected chi connectivity index (χ0v) is 10.1. The van der Waals surface area contributed by atoms with Crippen LogP contribution in [0.1, 0.15) is 18.9 Å². The third-order valence-electron chi connectivity index (χ3n) is 2.08. The summed E-state index contributed by atoms with van der Waals surface area (Å²) < 4.78 is 0. The maximum atomic E-state index is 5.88. The number of terminal acetylenes is 1. The molecule has 1 rings (SSSR count). The van der Waals surface area contributed by atoms with Crippen LogP contribution in [0.3, 0.4) is 0 Å². The molecule has 1 N–H and O–H groups in total. The molecule has 0 amide bonds. The Kier molecular flexibility index (Phi) is 4.98. The summed E-state index contributed by atoms with van der Waals surface area (Å²) in [6.45, 7) is 2.73. The van der Waals surface area contributed by atoms with Crippen LogP contribution >= 0.6 is 23.2 Å². The normalized spacial score (nSPS) is 12.1. The quantitative estimate of drug-likeness (QED) is 0.797. The Labute approximate surface area is 101 Å². The van der Waals surface area contributed by atoms with Gasteiger partial charge in [0.1, 0.15) is 0 Å². The van der Waals surface area contributed by atoms with E-state index in [1.807, 2.05) is 19.1 Å². The van der Waals surface area contributed by atoms with Crippen molar-refractivity contribution in [3.8, 4) is 12.3 Å². The zero-order chi connectivity index (χ0) is 11.3. The van der Waals surface area contributed by atoms with E-state index < -0.39 is 0 Å². The van der Waals surface area contributed by atoms with Crippen LogP contribution in [-0.4, -0.2) is 6.04 Å². The van der Waals surface area contributed by atoms with Crippen molar-refractivity contribution in [1.82, 2.24) is 5.32 Å². The maximum Gasteiger partial charge on any atom is 0.0686 e. The minimum absolute atomic E-state index is 0.0998. The highest BCUT2D eigenvalue weighted by atomic mass is 35.5. The average Bonchev–Trinajstić information content (AvgIpc) is 2.18. The number of hydrogen-bond acceptors (Lipinski definition) is 1. The van der Waals surface area contributed by atoms with E-state index in [0.29, 0.717) is 16.6 Å². The minimum Gasteiger partial charge on any atom is -0.300 e. The van der Waals surface area contributed by atoms with Crippen LogP contribution in [0.2, 0.25) is 10.0 Å². The Morgan fingerprint density at radius 3 is 2.40 bits per heavy atom. The summed E-state index contributed by atoms with van der Waals surface area (Å²) in [6, 6.07) is 5.57. The molecule has 3 heteroatoms. The van der Waals surface area contributed by atoms with Crippen LogP contribution in [0.15, 0.2) is 18.2 Å². The topological polar surface area (TPSA) is 12.0 Å². The third-order valence-corrected chi connectivity index (χ3v) is 2.52. The monoisotopic (exact) mass is 241 g/mol. The summed E-state index contributed by atoms with van der Waals surface area (Å²) >= 11 is 11.8. The minimum atomic E-state index is 0.0998. The fourth-order valence-electron chi connectivity index (χ4n) is 1.28. The van der Waals surface area contributed by atoms with E-state index >= 15 is 0 Å². The molecule has 15 heavy (non-hydrogen) atoms. The lowest BCUT2D eigenvalue weighted by Crippen LogP contribution is -2.26. The van der Waals surface area contributed by atoms with Gasteiger partial charge in [-0.3, -0.25) is 5.32 Å². The van der Waals surface area contributed by atoms with Gasteiger partial charge in [0.15, 0.2) is 0 Å². The van der Waals surface area contributed by atoms with Gasteiger partial charge in [-0.15, -0.1) is 6.42 Å². The molecule has 0 aliphatic heterocycles. The highest BCUT2D eigenvalue weighted by molar-refractivity contribution is 6.34. The van der Waals surface area contributed by atoms with Crippen LogP contribution in [0.4, 0.5) is 0 Å². The van der Waals surface area contributed by atoms with Crippen molar-refractivity contribution in [2.24, 2.45) is 0 Å². The predicted molar refractivity (Wildman–Crippen MR) is 66.2 cm³/mol. The second-order valence-electron chi connectivity index (χ2n) is 3.29. The second-order valence-corrected chi connectivity index (χ2v) is 4.16. The molecule has 0 saturated carbocycles. The molecule has 80 valence electrons. The van der Waals surface area contributed by atoms with Crippen LogP contribution in [0.25, 0.3) is 0 Å². The van der Waals surface area contributed by atoms with Gasteiger partial charge in [0, 0.05) is 16.6 Å². The molecule has 0 spiro atoms. The summed E-state index contributed by atoms with van der Waals surface area (Å²) in [5.41, 5.74) is 1.04. The fourth-order valence-corrected chi connectivity index (χ4v) is 1.85. The van der Waals surface area contributed by atoms with E-state index in [9.17, 15) is 0 Å². The Morgan fingerprint density at radius 2 is 1.93 bits per heavy atom. The van der Waals surface area contributed by atoms with Crippen LogP contribution < -0.4 is 5.32 Å². The fraction of sp³-hybridized carbons (Fsp3) is 0.333. The Bertz CT molecular complexity index is 348. The van der Waals surface area contributed by atoms with Gasteiger partial charge in [0.05, 0.1) is 6.04 Å². The summed E-state index contributed by atoms with van der Waals surface area (Å²) in [5.74, 6) is 2.67. The van der Waals surface area contributed by atoms with Crippen molar-refractivity contribution >= 4 is 23.2 Å². The molecule has 0 heterocycles. The molecule has 0 saturated heterocycles. The second kappa shape index (κ2) is 6.02. The number of hydrogen-bond donors (Lipinski definition) is 1. The number of benzene rings is 1. The van der Waals surface area contributed by atoms with E-state index in [1.165, 1.54) is 0 Å². The first-order valence-electron chi connectivity index (χ1n) is 4.80. The molecule has 0 fully saturated rings. The predicted octanol–water partition coefficient (Wildman–Crippen LogP) is 3.49. The van der Waals surface area contributed by atoms with Gasteiger partial charge in [0.2, 0.25) is 0 Å². The highest BCUT2D eigenvalue weighted by Gasteiger charge is 2.02. The van der Waals surface area contributed by atoms with Crippen molar-refractivity contribution in [1.29, 1.82) is 0 Å². The largest absolute Gasteiger partial charge is 0.300 e. The van der Waals surface area contributed by atoms with Gasteiger partial charge in [-0.1, -0.05) is 36.0 Å². The lowest BCUT2D eigenvalue weighted by molar-refractivity contribution is 0.592. The van der Waals surface area contributed by atoms with Gasteiger partial charge in [-0.2, -0.15) is 0 Å². The third kappa shape index (κ3) is 4.13. The number of rotatable bonds is 4. The molecule has 1 aromatic carbocycles. The van der Waals surface area contributed by atoms with Crippen molar-refractivity contribution in [2.75, 3.05) is 0 Å². The molecule has 0 aromatic heterocycles. The Balaban J connectivity index is 2.62. The van der Waals surface area contributed by atoms with Gasteiger partial charge in [0.25, 0.3) is 0 Å². The Hall–Kier alpha value is -0.680. The highest BCUT2D eigenvalue weighted by Crippen LogP contribution is 2.18. The lowest BCUT2D eigenvalue weighted by Gasteiger charge is -2.10. The van der Waals surface area contributed by atoms with Gasteiger partial charge in [-0.05, 0) is 30.2 Å². The van der Waals surface area contributed by atoms with Crippen molar-refractivity contribution < 1.29 is 0 Å². The molecular weight excluding hydrogens is 229 g/mol. The molecular formula is C12H13Cl2N. The summed E-state index contributed by atoms with van der Waals surface area (Å²) in [4.78, 5) is 0. The average molecular weight is 242 g/mol. The van der Waals surface area contributed by atoms with E-state index in [0.717, 1.165) is 12.0 Å². The summed E-state index contributed by atoms with van der Waals surface area (Å²) in [6.07, 6.45) is 6.25. The van der Waals surface area contributed by atoms with Crippen LogP contribution in [0.5, 0.6) is 0 Å². The van der Waals surface area contributed by atoms with Crippen molar-refractivity contribution in [2.45, 2.75) is 25.9 Å². The molecule has 1 aromatic rings. The Morgan fingerprint density at radius 1 is 1.33 bits per heavy atom. The van der Waals surface area contributed by atoms with Gasteiger partial charge >= 0.3 is 0 Å². The lowest BCUT2D eigenvalue weighted by atomic mass is 10.2. The zero-order valence-electron chi connectivity index (χ0n) is 8.56.